The first kappa shape index (κ1) is 19.5. The van der Waals surface area contributed by atoms with Gasteiger partial charge in [0.1, 0.15) is 13.1 Å². The number of anilines is 1. The zero-order valence-electron chi connectivity index (χ0n) is 17.0. The van der Waals surface area contributed by atoms with Crippen molar-refractivity contribution in [2.75, 3.05) is 31.1 Å². The van der Waals surface area contributed by atoms with Crippen LogP contribution in [0.25, 0.3) is 22.2 Å². The molecule has 3 heterocycles. The minimum absolute atomic E-state index is 0.0403. The van der Waals surface area contributed by atoms with Crippen LogP contribution in [0.4, 0.5) is 5.82 Å². The summed E-state index contributed by atoms with van der Waals surface area (Å²) >= 11 is 6.19. The predicted molar refractivity (Wildman–Crippen MR) is 123 cm³/mol. The molecule has 0 atom stereocenters. The fourth-order valence-corrected chi connectivity index (χ4v) is 4.24. The van der Waals surface area contributed by atoms with Gasteiger partial charge in [-0.1, -0.05) is 48.0 Å². The lowest BCUT2D eigenvalue weighted by molar-refractivity contribution is -0.364. The number of nitrogens with one attached hydrogen (secondary N) is 1. The number of H-pyrrole nitrogens is 1. The first-order valence-corrected chi connectivity index (χ1v) is 10.7. The SMILES string of the molecule is O=C(c1cc(-c2cccc(Cl)c2)nc2ccccc12)N1CCN(c2cccc[nH+]2)CC1. The maximum Gasteiger partial charge on any atom is 0.274 e. The van der Waals surface area contributed by atoms with E-state index in [1.807, 2.05) is 77.8 Å². The molecule has 0 radical (unpaired) electrons. The summed E-state index contributed by atoms with van der Waals surface area (Å²) in [6, 6.07) is 23.3. The average Bonchev–Trinajstić information content (AvgIpc) is 2.83. The van der Waals surface area contributed by atoms with E-state index >= 15 is 0 Å². The topological polar surface area (TPSA) is 50.6 Å². The number of carbonyl (C=O) groups is 1. The number of benzene rings is 2. The third-order valence-corrected chi connectivity index (χ3v) is 5.90. The average molecular weight is 430 g/mol. The third-order valence-electron chi connectivity index (χ3n) is 5.67. The van der Waals surface area contributed by atoms with Crippen molar-refractivity contribution in [3.05, 3.63) is 89.6 Å². The molecule has 0 aliphatic carbocycles. The molecule has 0 bridgehead atoms. The van der Waals surface area contributed by atoms with E-state index in [1.54, 1.807) is 0 Å². The first-order chi connectivity index (χ1) is 15.2. The molecule has 5 rings (SSSR count). The van der Waals surface area contributed by atoms with Gasteiger partial charge in [-0.25, -0.2) is 9.97 Å². The highest BCUT2D eigenvalue weighted by molar-refractivity contribution is 6.30. The molecule has 1 fully saturated rings. The van der Waals surface area contributed by atoms with Crippen LogP contribution in [-0.4, -0.2) is 42.0 Å². The number of para-hydroxylation sites is 1. The Kier molecular flexibility index (Phi) is 5.26. The van der Waals surface area contributed by atoms with E-state index in [-0.39, 0.29) is 5.91 Å². The molecule has 1 aliphatic rings. The van der Waals surface area contributed by atoms with E-state index in [9.17, 15) is 4.79 Å². The lowest BCUT2D eigenvalue weighted by atomic mass is 10.0. The van der Waals surface area contributed by atoms with Crippen molar-refractivity contribution in [1.82, 2.24) is 9.88 Å². The highest BCUT2D eigenvalue weighted by Gasteiger charge is 2.28. The van der Waals surface area contributed by atoms with Crippen molar-refractivity contribution in [2.45, 2.75) is 0 Å². The molecule has 154 valence electrons. The molecule has 4 aromatic rings. The fourth-order valence-electron chi connectivity index (χ4n) is 4.05. The number of nitrogens with zero attached hydrogens (tertiary/aromatic N) is 3. The van der Waals surface area contributed by atoms with Crippen LogP contribution in [0.2, 0.25) is 5.02 Å². The van der Waals surface area contributed by atoms with Crippen molar-refractivity contribution >= 4 is 34.2 Å². The maximum absolute atomic E-state index is 13.6. The monoisotopic (exact) mass is 429 g/mol. The number of piperazine rings is 1. The van der Waals surface area contributed by atoms with Crippen LogP contribution in [0.1, 0.15) is 10.4 Å². The van der Waals surface area contributed by atoms with Gasteiger partial charge in [-0.3, -0.25) is 9.69 Å². The number of carbonyl (C=O) groups excluding carboxylic acids is 1. The van der Waals surface area contributed by atoms with Crippen molar-refractivity contribution in [3.63, 3.8) is 0 Å². The molecule has 1 aliphatic heterocycles. The van der Waals surface area contributed by atoms with Crippen molar-refractivity contribution in [3.8, 4) is 11.3 Å². The van der Waals surface area contributed by atoms with Gasteiger partial charge in [-0.05, 0) is 30.3 Å². The van der Waals surface area contributed by atoms with Crippen molar-refractivity contribution in [1.29, 1.82) is 0 Å². The smallest absolute Gasteiger partial charge is 0.274 e. The summed E-state index contributed by atoms with van der Waals surface area (Å²) in [6.07, 6.45) is 1.92. The van der Waals surface area contributed by atoms with E-state index in [1.165, 1.54) is 0 Å². The van der Waals surface area contributed by atoms with Crippen LogP contribution in [0.5, 0.6) is 0 Å². The number of hydrogen-bond donors (Lipinski definition) is 0. The van der Waals surface area contributed by atoms with Crippen molar-refractivity contribution in [2.24, 2.45) is 0 Å². The molecule has 2 aromatic heterocycles. The molecule has 5 nitrogen and oxygen atoms in total. The van der Waals surface area contributed by atoms with Gasteiger partial charge in [0, 0.05) is 22.0 Å². The zero-order chi connectivity index (χ0) is 21.2. The summed E-state index contributed by atoms with van der Waals surface area (Å²) < 4.78 is 0. The molecule has 1 N–H and O–H groups in total. The maximum atomic E-state index is 13.6. The van der Waals surface area contributed by atoms with E-state index in [4.69, 9.17) is 16.6 Å². The lowest BCUT2D eigenvalue weighted by Crippen LogP contribution is -2.50. The Morgan fingerprint density at radius 1 is 0.903 bits per heavy atom. The summed E-state index contributed by atoms with van der Waals surface area (Å²) in [7, 11) is 0. The molecule has 0 saturated carbocycles. The van der Waals surface area contributed by atoms with Gasteiger partial charge in [0.05, 0.1) is 36.1 Å². The minimum atomic E-state index is 0.0403. The molecule has 1 amide bonds. The summed E-state index contributed by atoms with van der Waals surface area (Å²) in [5, 5.41) is 1.52. The van der Waals surface area contributed by atoms with Crippen LogP contribution in [0.3, 0.4) is 0 Å². The van der Waals surface area contributed by atoms with E-state index in [0.29, 0.717) is 23.7 Å². The van der Waals surface area contributed by atoms with Crippen molar-refractivity contribution < 1.29 is 9.78 Å². The van der Waals surface area contributed by atoms with Gasteiger partial charge in [0.15, 0.2) is 0 Å². The number of pyridine rings is 2. The lowest BCUT2D eigenvalue weighted by Gasteiger charge is -2.31. The molecular formula is C25H22ClN4O+. The second-order valence-electron chi connectivity index (χ2n) is 7.61. The first-order valence-electron chi connectivity index (χ1n) is 10.4. The fraction of sp³-hybridized carbons (Fsp3) is 0.160. The number of fused-ring (bicyclic) bond motifs is 1. The Labute approximate surface area is 185 Å². The minimum Gasteiger partial charge on any atom is -0.331 e. The summed E-state index contributed by atoms with van der Waals surface area (Å²) in [5.74, 6) is 1.12. The van der Waals surface area contributed by atoms with Gasteiger partial charge in [-0.15, -0.1) is 0 Å². The second-order valence-corrected chi connectivity index (χ2v) is 8.05. The third kappa shape index (κ3) is 3.97. The Morgan fingerprint density at radius 3 is 2.48 bits per heavy atom. The highest BCUT2D eigenvalue weighted by atomic mass is 35.5. The number of aromatic nitrogens is 2. The summed E-state index contributed by atoms with van der Waals surface area (Å²) in [4.78, 5) is 25.8. The molecule has 2 aromatic carbocycles. The molecule has 6 heteroatoms. The van der Waals surface area contributed by atoms with Gasteiger partial charge in [0.2, 0.25) is 0 Å². The predicted octanol–water partition coefficient (Wildman–Crippen LogP) is 4.33. The quantitative estimate of drug-likeness (QED) is 0.487. The molecule has 1 saturated heterocycles. The Morgan fingerprint density at radius 2 is 1.71 bits per heavy atom. The Balaban J connectivity index is 1.46. The highest BCUT2D eigenvalue weighted by Crippen LogP contribution is 2.27. The zero-order valence-corrected chi connectivity index (χ0v) is 17.7. The van der Waals surface area contributed by atoms with Gasteiger partial charge >= 0.3 is 0 Å². The standard InChI is InChI=1S/C25H21ClN4O/c26-19-7-5-6-18(16-19)23-17-21(20-8-1-2-9-22(20)28-23)25(31)30-14-12-29(13-15-30)24-10-3-4-11-27-24/h1-11,16-17H,12-15H2/p+1. The van der Waals surface area contributed by atoms with E-state index < -0.39 is 0 Å². The largest absolute Gasteiger partial charge is 0.331 e. The van der Waals surface area contributed by atoms with E-state index in [0.717, 1.165) is 41.1 Å². The summed E-state index contributed by atoms with van der Waals surface area (Å²) in [6.45, 7) is 2.92. The number of rotatable bonds is 3. The second kappa shape index (κ2) is 8.36. The normalized spacial score (nSPS) is 14.1. The molecule has 0 spiro atoms. The number of amides is 1. The van der Waals surface area contributed by atoms with E-state index in [2.05, 4.69) is 16.0 Å². The number of aromatic amines is 1. The number of hydrogen-bond acceptors (Lipinski definition) is 3. The number of halogens is 1. The Hall–Kier alpha value is -3.44. The summed E-state index contributed by atoms with van der Waals surface area (Å²) in [5.41, 5.74) is 3.14. The van der Waals surface area contributed by atoms with Crippen LogP contribution in [-0.2, 0) is 0 Å². The molecular weight excluding hydrogens is 408 g/mol. The van der Waals surface area contributed by atoms with Gasteiger partial charge in [0.25, 0.3) is 11.7 Å². The van der Waals surface area contributed by atoms with Crippen LogP contribution in [0.15, 0.2) is 79.0 Å². The molecule has 31 heavy (non-hydrogen) atoms. The molecule has 0 unspecified atom stereocenters. The van der Waals surface area contributed by atoms with Gasteiger partial charge in [-0.2, -0.15) is 0 Å². The Bertz CT molecular complexity index is 1240. The van der Waals surface area contributed by atoms with Crippen LogP contribution in [0, 0.1) is 0 Å². The van der Waals surface area contributed by atoms with Crippen LogP contribution < -0.4 is 9.88 Å². The van der Waals surface area contributed by atoms with Crippen LogP contribution >= 0.6 is 11.6 Å². The van der Waals surface area contributed by atoms with Gasteiger partial charge < -0.3 is 4.90 Å².